The van der Waals surface area contributed by atoms with Crippen LogP contribution in [0.4, 0.5) is 5.13 Å². The minimum atomic E-state index is -0.128. The third-order valence-corrected chi connectivity index (χ3v) is 4.91. The van der Waals surface area contributed by atoms with Crippen molar-refractivity contribution in [3.63, 3.8) is 0 Å². The monoisotopic (exact) mass is 297 g/mol. The van der Waals surface area contributed by atoms with Crippen LogP contribution < -0.4 is 5.32 Å². The Morgan fingerprint density at radius 2 is 2.10 bits per heavy atom. The van der Waals surface area contributed by atoms with Crippen molar-refractivity contribution in [3.05, 3.63) is 46.6 Å². The molecule has 2 heterocycles. The molecule has 0 bridgehead atoms. The molecule has 0 saturated carbocycles. The Labute approximate surface area is 126 Å². The summed E-state index contributed by atoms with van der Waals surface area (Å²) in [5.74, 6) is -0.128. The molecule has 5 heteroatoms. The third-order valence-electron chi connectivity index (χ3n) is 3.84. The molecule has 0 spiro atoms. The van der Waals surface area contributed by atoms with E-state index in [0.29, 0.717) is 10.8 Å². The zero-order chi connectivity index (χ0) is 14.2. The molecular formula is C16H15N3OS. The number of amides is 1. The van der Waals surface area contributed by atoms with Gasteiger partial charge in [0, 0.05) is 15.8 Å². The first-order chi connectivity index (χ1) is 10.3. The Bertz CT molecular complexity index is 761. The maximum atomic E-state index is 12.3. The van der Waals surface area contributed by atoms with E-state index in [1.54, 1.807) is 11.3 Å². The van der Waals surface area contributed by atoms with Gasteiger partial charge in [-0.15, -0.1) is 11.3 Å². The van der Waals surface area contributed by atoms with Gasteiger partial charge < -0.3 is 4.98 Å². The molecule has 0 unspecified atom stereocenters. The van der Waals surface area contributed by atoms with Gasteiger partial charge in [0.05, 0.1) is 5.69 Å². The zero-order valence-corrected chi connectivity index (χ0v) is 12.3. The highest BCUT2D eigenvalue weighted by molar-refractivity contribution is 7.15. The predicted octanol–water partition coefficient (Wildman–Crippen LogP) is 3.76. The van der Waals surface area contributed by atoms with E-state index >= 15 is 0 Å². The fourth-order valence-corrected chi connectivity index (χ4v) is 3.81. The summed E-state index contributed by atoms with van der Waals surface area (Å²) in [6, 6.07) is 9.75. The average Bonchev–Trinajstić information content (AvgIpc) is 3.10. The van der Waals surface area contributed by atoms with Gasteiger partial charge in [0.1, 0.15) is 5.69 Å². The summed E-state index contributed by atoms with van der Waals surface area (Å²) in [6.07, 6.45) is 4.56. The second-order valence-electron chi connectivity index (χ2n) is 5.32. The molecule has 0 atom stereocenters. The SMILES string of the molecule is O=C(Nc1nc2c(s1)CCCC2)c1cc2ccccc2[nH]1. The number of nitrogens with one attached hydrogen (secondary N) is 2. The van der Waals surface area contributed by atoms with Crippen molar-refractivity contribution in [3.8, 4) is 0 Å². The van der Waals surface area contributed by atoms with Crippen molar-refractivity contribution in [2.45, 2.75) is 25.7 Å². The van der Waals surface area contributed by atoms with Gasteiger partial charge in [-0.1, -0.05) is 18.2 Å². The Morgan fingerprint density at radius 3 is 2.95 bits per heavy atom. The summed E-state index contributed by atoms with van der Waals surface area (Å²) < 4.78 is 0. The Hall–Kier alpha value is -2.14. The quantitative estimate of drug-likeness (QED) is 0.756. The highest BCUT2D eigenvalue weighted by Crippen LogP contribution is 2.29. The smallest absolute Gasteiger partial charge is 0.273 e. The third kappa shape index (κ3) is 2.34. The molecule has 0 radical (unpaired) electrons. The zero-order valence-electron chi connectivity index (χ0n) is 11.5. The number of aryl methyl sites for hydroxylation is 2. The number of rotatable bonds is 2. The van der Waals surface area contributed by atoms with E-state index in [1.807, 2.05) is 30.3 Å². The van der Waals surface area contributed by atoms with Crippen LogP contribution in [0.5, 0.6) is 0 Å². The lowest BCUT2D eigenvalue weighted by Gasteiger charge is -2.06. The lowest BCUT2D eigenvalue weighted by Crippen LogP contribution is -2.12. The fourth-order valence-electron chi connectivity index (χ4n) is 2.77. The normalized spacial score (nSPS) is 14.1. The Kier molecular flexibility index (Phi) is 3.00. The number of thiazole rings is 1. The summed E-state index contributed by atoms with van der Waals surface area (Å²) in [5, 5.41) is 4.67. The predicted molar refractivity (Wildman–Crippen MR) is 85.0 cm³/mol. The van der Waals surface area contributed by atoms with Crippen molar-refractivity contribution in [1.82, 2.24) is 9.97 Å². The van der Waals surface area contributed by atoms with Crippen LogP contribution in [0, 0.1) is 0 Å². The number of para-hydroxylation sites is 1. The number of H-pyrrole nitrogens is 1. The van der Waals surface area contributed by atoms with E-state index in [4.69, 9.17) is 0 Å². The van der Waals surface area contributed by atoms with E-state index in [2.05, 4.69) is 15.3 Å². The molecule has 1 amide bonds. The molecule has 1 aliphatic carbocycles. The van der Waals surface area contributed by atoms with Crippen LogP contribution in [0.1, 0.15) is 33.9 Å². The van der Waals surface area contributed by atoms with Crippen molar-refractivity contribution >= 4 is 33.3 Å². The van der Waals surface area contributed by atoms with Crippen LogP contribution in [0.3, 0.4) is 0 Å². The van der Waals surface area contributed by atoms with E-state index in [-0.39, 0.29) is 5.91 Å². The molecule has 0 fully saturated rings. The van der Waals surface area contributed by atoms with Gasteiger partial charge in [0.25, 0.3) is 5.91 Å². The minimum absolute atomic E-state index is 0.128. The van der Waals surface area contributed by atoms with Gasteiger partial charge in [-0.2, -0.15) is 0 Å². The van der Waals surface area contributed by atoms with Gasteiger partial charge in [-0.05, 0) is 37.8 Å². The Morgan fingerprint density at radius 1 is 1.24 bits per heavy atom. The topological polar surface area (TPSA) is 57.8 Å². The molecule has 4 nitrogen and oxygen atoms in total. The van der Waals surface area contributed by atoms with Gasteiger partial charge in [0.15, 0.2) is 5.13 Å². The molecule has 0 aliphatic heterocycles. The molecule has 0 saturated heterocycles. The number of benzene rings is 1. The summed E-state index contributed by atoms with van der Waals surface area (Å²) in [7, 11) is 0. The number of aromatic amines is 1. The summed E-state index contributed by atoms with van der Waals surface area (Å²) in [6.45, 7) is 0. The fraction of sp³-hybridized carbons (Fsp3) is 0.250. The van der Waals surface area contributed by atoms with E-state index in [9.17, 15) is 4.79 Å². The summed E-state index contributed by atoms with van der Waals surface area (Å²) in [4.78, 5) is 21.3. The molecule has 1 aromatic carbocycles. The number of hydrogen-bond donors (Lipinski definition) is 2. The van der Waals surface area contributed by atoms with Gasteiger partial charge in [-0.25, -0.2) is 4.98 Å². The highest BCUT2D eigenvalue weighted by atomic mass is 32.1. The minimum Gasteiger partial charge on any atom is -0.351 e. The van der Waals surface area contributed by atoms with Crippen LogP contribution >= 0.6 is 11.3 Å². The molecule has 3 aromatic rings. The van der Waals surface area contributed by atoms with E-state index in [1.165, 1.54) is 17.7 Å². The molecular weight excluding hydrogens is 282 g/mol. The standard InChI is InChI=1S/C16H15N3OS/c20-15(13-9-10-5-1-2-6-11(10)17-13)19-16-18-12-7-3-4-8-14(12)21-16/h1-2,5-6,9,17H,3-4,7-8H2,(H,18,19,20). The van der Waals surface area contributed by atoms with Crippen LogP contribution in [-0.4, -0.2) is 15.9 Å². The first-order valence-electron chi connectivity index (χ1n) is 7.17. The average molecular weight is 297 g/mol. The number of fused-ring (bicyclic) bond motifs is 2. The second-order valence-corrected chi connectivity index (χ2v) is 6.40. The summed E-state index contributed by atoms with van der Waals surface area (Å²) >= 11 is 1.61. The molecule has 2 N–H and O–H groups in total. The number of anilines is 1. The molecule has 2 aromatic heterocycles. The van der Waals surface area contributed by atoms with Crippen LogP contribution in [0.2, 0.25) is 0 Å². The first kappa shape index (κ1) is 12.6. The highest BCUT2D eigenvalue weighted by Gasteiger charge is 2.17. The maximum absolute atomic E-state index is 12.3. The van der Waals surface area contributed by atoms with E-state index < -0.39 is 0 Å². The van der Waals surface area contributed by atoms with Gasteiger partial charge >= 0.3 is 0 Å². The second kappa shape index (κ2) is 5.00. The number of carbonyl (C=O) groups is 1. The largest absolute Gasteiger partial charge is 0.351 e. The lowest BCUT2D eigenvalue weighted by atomic mass is 10.0. The number of aromatic nitrogens is 2. The number of carbonyl (C=O) groups excluding carboxylic acids is 1. The lowest BCUT2D eigenvalue weighted by molar-refractivity contribution is 0.102. The van der Waals surface area contributed by atoms with Crippen LogP contribution in [0.25, 0.3) is 10.9 Å². The summed E-state index contributed by atoms with van der Waals surface area (Å²) in [5.41, 5.74) is 2.71. The van der Waals surface area contributed by atoms with Gasteiger partial charge in [-0.3, -0.25) is 10.1 Å². The molecule has 106 valence electrons. The molecule has 4 rings (SSSR count). The van der Waals surface area contributed by atoms with Crippen molar-refractivity contribution in [2.75, 3.05) is 5.32 Å². The first-order valence-corrected chi connectivity index (χ1v) is 7.99. The van der Waals surface area contributed by atoms with Gasteiger partial charge in [0.2, 0.25) is 0 Å². The number of hydrogen-bond acceptors (Lipinski definition) is 3. The number of nitrogens with zero attached hydrogens (tertiary/aromatic N) is 1. The van der Waals surface area contributed by atoms with Crippen molar-refractivity contribution in [2.24, 2.45) is 0 Å². The molecule has 1 aliphatic rings. The Balaban J connectivity index is 1.58. The van der Waals surface area contributed by atoms with Crippen molar-refractivity contribution in [1.29, 1.82) is 0 Å². The maximum Gasteiger partial charge on any atom is 0.273 e. The van der Waals surface area contributed by atoms with Crippen molar-refractivity contribution < 1.29 is 4.79 Å². The van der Waals surface area contributed by atoms with Crippen LogP contribution in [-0.2, 0) is 12.8 Å². The van der Waals surface area contributed by atoms with Crippen LogP contribution in [0.15, 0.2) is 30.3 Å². The molecule has 21 heavy (non-hydrogen) atoms. The van der Waals surface area contributed by atoms with E-state index in [0.717, 1.165) is 29.4 Å².